The van der Waals surface area contributed by atoms with E-state index in [0.717, 1.165) is 47.7 Å². The molecule has 192 valence electrons. The first-order chi connectivity index (χ1) is 18.5. The predicted octanol–water partition coefficient (Wildman–Crippen LogP) is 8.17. The van der Waals surface area contributed by atoms with Crippen LogP contribution in [0.15, 0.2) is 72.8 Å². The van der Waals surface area contributed by atoms with Gasteiger partial charge < -0.3 is 10.4 Å². The third kappa shape index (κ3) is 7.23. The maximum absolute atomic E-state index is 10.4. The topological polar surface area (TPSA) is 61.3 Å². The van der Waals surface area contributed by atoms with Gasteiger partial charge >= 0.3 is 0 Å². The summed E-state index contributed by atoms with van der Waals surface area (Å²) in [4.78, 5) is 11.8. The number of hydrogen-bond acceptors (Lipinski definition) is 5. The molecule has 1 fully saturated rings. The molecule has 1 aliphatic rings. The van der Waals surface area contributed by atoms with Gasteiger partial charge in [0.1, 0.15) is 11.6 Å². The van der Waals surface area contributed by atoms with E-state index in [4.69, 9.17) is 33.2 Å². The number of aromatic hydroxyl groups is 1. The van der Waals surface area contributed by atoms with Gasteiger partial charge in [0.05, 0.1) is 5.69 Å². The highest BCUT2D eigenvalue weighted by molar-refractivity contribution is 6.30. The fourth-order valence-corrected chi connectivity index (χ4v) is 4.58. The van der Waals surface area contributed by atoms with E-state index in [1.54, 1.807) is 6.07 Å². The summed E-state index contributed by atoms with van der Waals surface area (Å²) in [5, 5.41) is 15.2. The number of halogens is 2. The van der Waals surface area contributed by atoms with E-state index in [1.165, 1.54) is 12.8 Å². The molecule has 1 aliphatic heterocycles. The molecule has 1 aromatic heterocycles. The van der Waals surface area contributed by atoms with Crippen molar-refractivity contribution in [3.05, 3.63) is 111 Å². The number of phenolic OH excluding ortho intramolecular Hbond substituents is 1. The Kier molecular flexibility index (Phi) is 8.39. The minimum atomic E-state index is 0.309. The molecular formula is C31H28Cl2N4O. The second-order valence-corrected chi connectivity index (χ2v) is 10.1. The standard InChI is InChI=1S/C31H28Cl2N4O/c32-25-9-3-22(4-10-25)7-13-28-20-31(36-30(34-28)16-8-23-5-11-26(33)12-6-23)35-27-14-15-29(38)24(19-27)21-37-17-1-2-18-37/h3-16,19-20,38H,1-2,17-18,21H2,(H,34,35,36). The molecule has 0 aliphatic carbocycles. The third-order valence-corrected chi connectivity index (χ3v) is 6.82. The zero-order chi connectivity index (χ0) is 26.3. The van der Waals surface area contributed by atoms with E-state index in [0.29, 0.717) is 27.4 Å². The van der Waals surface area contributed by atoms with Gasteiger partial charge in [0.25, 0.3) is 0 Å². The summed E-state index contributed by atoms with van der Waals surface area (Å²) in [5.74, 6) is 1.53. The molecular weight excluding hydrogens is 515 g/mol. The Morgan fingerprint density at radius 3 is 2.05 bits per heavy atom. The van der Waals surface area contributed by atoms with Crippen molar-refractivity contribution < 1.29 is 5.11 Å². The number of hydrogen-bond donors (Lipinski definition) is 2. The monoisotopic (exact) mass is 542 g/mol. The largest absolute Gasteiger partial charge is 0.508 e. The first-order valence-electron chi connectivity index (χ1n) is 12.6. The van der Waals surface area contributed by atoms with E-state index in [2.05, 4.69) is 10.2 Å². The molecule has 2 N–H and O–H groups in total. The summed E-state index contributed by atoms with van der Waals surface area (Å²) < 4.78 is 0. The summed E-state index contributed by atoms with van der Waals surface area (Å²) in [5.41, 5.74) is 4.53. The lowest BCUT2D eigenvalue weighted by Crippen LogP contribution is -2.18. The molecule has 7 heteroatoms. The summed E-state index contributed by atoms with van der Waals surface area (Å²) in [6, 6.07) is 22.7. The van der Waals surface area contributed by atoms with Gasteiger partial charge in [0.15, 0.2) is 5.82 Å². The van der Waals surface area contributed by atoms with Crippen molar-refractivity contribution >= 4 is 59.0 Å². The molecule has 5 nitrogen and oxygen atoms in total. The van der Waals surface area contributed by atoms with Crippen LogP contribution in [0.2, 0.25) is 10.0 Å². The molecule has 0 bridgehead atoms. The zero-order valence-electron chi connectivity index (χ0n) is 20.8. The van der Waals surface area contributed by atoms with Crippen molar-refractivity contribution in [3.63, 3.8) is 0 Å². The second kappa shape index (κ2) is 12.3. The van der Waals surface area contributed by atoms with Crippen molar-refractivity contribution in [2.75, 3.05) is 18.4 Å². The van der Waals surface area contributed by atoms with Gasteiger partial charge in [0, 0.05) is 33.9 Å². The minimum absolute atomic E-state index is 0.309. The normalized spacial score (nSPS) is 14.1. The van der Waals surface area contributed by atoms with Crippen LogP contribution < -0.4 is 5.32 Å². The molecule has 3 aromatic carbocycles. The highest BCUT2D eigenvalue weighted by Crippen LogP contribution is 2.27. The van der Waals surface area contributed by atoms with Crippen LogP contribution in [-0.2, 0) is 6.54 Å². The lowest BCUT2D eigenvalue weighted by Gasteiger charge is -2.16. The molecule has 0 amide bonds. The van der Waals surface area contributed by atoms with E-state index in [9.17, 15) is 5.11 Å². The highest BCUT2D eigenvalue weighted by atomic mass is 35.5. The van der Waals surface area contributed by atoms with E-state index < -0.39 is 0 Å². The van der Waals surface area contributed by atoms with Crippen LogP contribution in [0.25, 0.3) is 24.3 Å². The van der Waals surface area contributed by atoms with Crippen LogP contribution in [0, 0.1) is 0 Å². The summed E-state index contributed by atoms with van der Waals surface area (Å²) >= 11 is 12.0. The Hall–Kier alpha value is -3.64. The van der Waals surface area contributed by atoms with Crippen LogP contribution in [0.5, 0.6) is 5.75 Å². The molecule has 4 aromatic rings. The SMILES string of the molecule is Oc1ccc(Nc2cc(C=Cc3ccc(Cl)cc3)nc(C=Cc3ccc(Cl)cc3)n2)cc1CN1CCCC1. The van der Waals surface area contributed by atoms with Crippen LogP contribution >= 0.6 is 23.2 Å². The van der Waals surface area contributed by atoms with E-state index in [-0.39, 0.29) is 0 Å². The summed E-state index contributed by atoms with van der Waals surface area (Å²) in [7, 11) is 0. The number of rotatable bonds is 8. The molecule has 38 heavy (non-hydrogen) atoms. The van der Waals surface area contributed by atoms with Gasteiger partial charge in [-0.25, -0.2) is 9.97 Å². The lowest BCUT2D eigenvalue weighted by atomic mass is 10.1. The van der Waals surface area contributed by atoms with Gasteiger partial charge in [-0.15, -0.1) is 0 Å². The summed E-state index contributed by atoms with van der Waals surface area (Å²) in [6.07, 6.45) is 10.2. The average Bonchev–Trinajstić information content (AvgIpc) is 3.43. The molecule has 0 unspecified atom stereocenters. The number of benzene rings is 3. The lowest BCUT2D eigenvalue weighted by molar-refractivity contribution is 0.324. The Labute approximate surface area is 233 Å². The molecule has 0 atom stereocenters. The molecule has 0 radical (unpaired) electrons. The van der Waals surface area contributed by atoms with Gasteiger partial charge in [0.2, 0.25) is 0 Å². The second-order valence-electron chi connectivity index (χ2n) is 9.26. The first kappa shape index (κ1) is 26.0. The molecule has 0 spiro atoms. The van der Waals surface area contributed by atoms with Gasteiger partial charge in [-0.3, -0.25) is 4.90 Å². The number of aromatic nitrogens is 2. The van der Waals surface area contributed by atoms with E-state index in [1.807, 2.05) is 91.0 Å². The Bertz CT molecular complexity index is 1370. The summed E-state index contributed by atoms with van der Waals surface area (Å²) in [6.45, 7) is 2.86. The number of anilines is 2. The quantitative estimate of drug-likeness (QED) is 0.220. The fraction of sp³-hybridized carbons (Fsp3) is 0.161. The smallest absolute Gasteiger partial charge is 0.154 e. The van der Waals surface area contributed by atoms with Crippen molar-refractivity contribution in [2.24, 2.45) is 0 Å². The van der Waals surface area contributed by atoms with E-state index >= 15 is 0 Å². The molecule has 5 rings (SSSR count). The highest BCUT2D eigenvalue weighted by Gasteiger charge is 2.14. The van der Waals surface area contributed by atoms with Gasteiger partial charge in [-0.05, 0) is 91.7 Å². The number of nitrogens with one attached hydrogen (secondary N) is 1. The first-order valence-corrected chi connectivity index (χ1v) is 13.3. The fourth-order valence-electron chi connectivity index (χ4n) is 4.33. The van der Waals surface area contributed by atoms with Gasteiger partial charge in [-0.1, -0.05) is 59.6 Å². The minimum Gasteiger partial charge on any atom is -0.508 e. The molecule has 2 heterocycles. The van der Waals surface area contributed by atoms with Crippen molar-refractivity contribution in [3.8, 4) is 5.75 Å². The molecule has 0 saturated carbocycles. The maximum Gasteiger partial charge on any atom is 0.154 e. The number of likely N-dealkylation sites (tertiary alicyclic amines) is 1. The Morgan fingerprint density at radius 1 is 0.763 bits per heavy atom. The van der Waals surface area contributed by atoms with Crippen LogP contribution in [0.3, 0.4) is 0 Å². The Morgan fingerprint density at radius 2 is 1.39 bits per heavy atom. The van der Waals surface area contributed by atoms with Crippen LogP contribution in [0.1, 0.15) is 41.1 Å². The van der Waals surface area contributed by atoms with Crippen molar-refractivity contribution in [2.45, 2.75) is 19.4 Å². The average molecular weight is 543 g/mol. The van der Waals surface area contributed by atoms with Crippen molar-refractivity contribution in [1.82, 2.24) is 14.9 Å². The van der Waals surface area contributed by atoms with Crippen molar-refractivity contribution in [1.29, 1.82) is 0 Å². The maximum atomic E-state index is 10.4. The number of phenols is 1. The van der Waals surface area contributed by atoms with Crippen LogP contribution in [0.4, 0.5) is 11.5 Å². The predicted molar refractivity (Wildman–Crippen MR) is 159 cm³/mol. The zero-order valence-corrected chi connectivity index (χ0v) is 22.3. The number of nitrogens with zero attached hydrogens (tertiary/aromatic N) is 3. The Balaban J connectivity index is 1.42. The molecule has 1 saturated heterocycles. The third-order valence-electron chi connectivity index (χ3n) is 6.32. The van der Waals surface area contributed by atoms with Crippen LogP contribution in [-0.4, -0.2) is 33.1 Å². The van der Waals surface area contributed by atoms with Gasteiger partial charge in [-0.2, -0.15) is 0 Å².